The highest BCUT2D eigenvalue weighted by Gasteiger charge is 2.25. The SMILES string of the molecule is CC(C)S(=O)(=O)/C(Cl)=C(\Cl)C(Cl)=C(Cl)Cl. The van der Waals surface area contributed by atoms with Crippen LogP contribution in [-0.2, 0) is 9.84 Å². The van der Waals surface area contributed by atoms with E-state index in [0.717, 1.165) is 0 Å². The zero-order chi connectivity index (χ0) is 12.4. The van der Waals surface area contributed by atoms with Crippen molar-refractivity contribution in [3.63, 3.8) is 0 Å². The molecule has 15 heavy (non-hydrogen) atoms. The molecule has 0 aromatic carbocycles. The Morgan fingerprint density at radius 3 is 1.60 bits per heavy atom. The number of hydrogen-bond acceptors (Lipinski definition) is 2. The van der Waals surface area contributed by atoms with Gasteiger partial charge in [-0.1, -0.05) is 58.0 Å². The molecule has 0 bridgehead atoms. The Balaban J connectivity index is 5.62. The van der Waals surface area contributed by atoms with Crippen LogP contribution in [0, 0.1) is 0 Å². The summed E-state index contributed by atoms with van der Waals surface area (Å²) in [6.45, 7) is 2.92. The minimum Gasteiger partial charge on any atom is -0.222 e. The van der Waals surface area contributed by atoms with Crippen LogP contribution < -0.4 is 0 Å². The number of allylic oxidation sites excluding steroid dienone is 2. The lowest BCUT2D eigenvalue weighted by molar-refractivity contribution is 0.595. The largest absolute Gasteiger partial charge is 0.222 e. The summed E-state index contributed by atoms with van der Waals surface area (Å²) in [5.74, 6) is 0. The van der Waals surface area contributed by atoms with E-state index in [1.807, 2.05) is 0 Å². The second kappa shape index (κ2) is 5.99. The van der Waals surface area contributed by atoms with Crippen LogP contribution in [0.2, 0.25) is 0 Å². The molecule has 88 valence electrons. The maximum atomic E-state index is 11.6. The van der Waals surface area contributed by atoms with Gasteiger partial charge in [0, 0.05) is 0 Å². The Kier molecular flexibility index (Phi) is 6.34. The van der Waals surface area contributed by atoms with E-state index in [9.17, 15) is 8.42 Å². The van der Waals surface area contributed by atoms with Gasteiger partial charge in [0.25, 0.3) is 0 Å². The lowest BCUT2D eigenvalue weighted by atomic mass is 10.6. The normalized spacial score (nSPS) is 13.9. The Morgan fingerprint density at radius 2 is 1.33 bits per heavy atom. The smallest absolute Gasteiger partial charge is 0.192 e. The van der Waals surface area contributed by atoms with Crippen LogP contribution in [0.25, 0.3) is 0 Å². The Morgan fingerprint density at radius 1 is 0.933 bits per heavy atom. The van der Waals surface area contributed by atoms with Gasteiger partial charge in [-0.05, 0) is 13.8 Å². The molecule has 0 spiro atoms. The van der Waals surface area contributed by atoms with Crippen molar-refractivity contribution in [1.29, 1.82) is 0 Å². The highest BCUT2D eigenvalue weighted by Crippen LogP contribution is 2.34. The molecule has 0 fully saturated rings. The quantitative estimate of drug-likeness (QED) is 0.720. The van der Waals surface area contributed by atoms with Gasteiger partial charge in [0.2, 0.25) is 0 Å². The maximum absolute atomic E-state index is 11.6. The van der Waals surface area contributed by atoms with E-state index in [1.165, 1.54) is 13.8 Å². The second-order valence-corrected chi connectivity index (χ2v) is 7.50. The molecule has 2 nitrogen and oxygen atoms in total. The van der Waals surface area contributed by atoms with Crippen LogP contribution >= 0.6 is 58.0 Å². The predicted octanol–water partition coefficient (Wildman–Crippen LogP) is 4.34. The summed E-state index contributed by atoms with van der Waals surface area (Å²) < 4.78 is 22.2. The van der Waals surface area contributed by atoms with Crippen molar-refractivity contribution in [2.24, 2.45) is 0 Å². The molecule has 0 heterocycles. The summed E-state index contributed by atoms with van der Waals surface area (Å²) in [7, 11) is -3.68. The van der Waals surface area contributed by atoms with Crippen molar-refractivity contribution in [3.05, 3.63) is 18.9 Å². The summed E-state index contributed by atoms with van der Waals surface area (Å²) in [6, 6.07) is 0. The molecule has 0 aliphatic carbocycles. The first kappa shape index (κ1) is 15.9. The molecule has 0 radical (unpaired) electrons. The fourth-order valence-corrected chi connectivity index (χ4v) is 2.80. The molecular formula is C7H7Cl5O2S. The highest BCUT2D eigenvalue weighted by atomic mass is 35.5. The van der Waals surface area contributed by atoms with E-state index in [1.54, 1.807) is 0 Å². The van der Waals surface area contributed by atoms with Gasteiger partial charge in [0.1, 0.15) is 4.49 Å². The predicted molar refractivity (Wildman–Crippen MR) is 67.4 cm³/mol. The topological polar surface area (TPSA) is 34.1 Å². The van der Waals surface area contributed by atoms with E-state index in [-0.39, 0.29) is 14.6 Å². The monoisotopic (exact) mass is 330 g/mol. The van der Waals surface area contributed by atoms with Gasteiger partial charge in [-0.3, -0.25) is 0 Å². The van der Waals surface area contributed by atoms with E-state index in [0.29, 0.717) is 0 Å². The Hall–Kier alpha value is 0.880. The van der Waals surface area contributed by atoms with Gasteiger partial charge in [-0.15, -0.1) is 0 Å². The molecule has 0 saturated carbocycles. The first-order valence-electron chi connectivity index (χ1n) is 3.62. The zero-order valence-electron chi connectivity index (χ0n) is 7.69. The van der Waals surface area contributed by atoms with Crippen LogP contribution in [0.1, 0.15) is 13.8 Å². The van der Waals surface area contributed by atoms with Crippen LogP contribution in [0.5, 0.6) is 0 Å². The molecule has 0 aliphatic heterocycles. The molecule has 0 aliphatic rings. The molecule has 0 aromatic rings. The molecule has 0 aromatic heterocycles. The van der Waals surface area contributed by atoms with Crippen molar-refractivity contribution in [2.75, 3.05) is 0 Å². The van der Waals surface area contributed by atoms with Crippen LogP contribution in [0.15, 0.2) is 18.9 Å². The molecule has 0 atom stereocenters. The van der Waals surface area contributed by atoms with Crippen LogP contribution in [0.4, 0.5) is 0 Å². The van der Waals surface area contributed by atoms with Crippen molar-refractivity contribution in [1.82, 2.24) is 0 Å². The third kappa shape index (κ3) is 3.99. The van der Waals surface area contributed by atoms with E-state index >= 15 is 0 Å². The average Bonchev–Trinajstić information content (AvgIpc) is 2.13. The summed E-state index contributed by atoms with van der Waals surface area (Å²) in [5, 5.41) is -1.39. The standard InChI is InChI=1S/C7H7Cl5O2S/c1-3(2)15(13,14)7(12)5(9)4(8)6(10)11/h3H,1-2H3/b7-5-. The van der Waals surface area contributed by atoms with Crippen LogP contribution in [0.3, 0.4) is 0 Å². The molecule has 0 saturated heterocycles. The lowest BCUT2D eigenvalue weighted by Gasteiger charge is -2.08. The van der Waals surface area contributed by atoms with E-state index < -0.39 is 19.5 Å². The molecule has 0 unspecified atom stereocenters. The van der Waals surface area contributed by atoms with Crippen molar-refractivity contribution in [2.45, 2.75) is 19.1 Å². The minimum atomic E-state index is -3.68. The fraction of sp³-hybridized carbons (Fsp3) is 0.429. The number of sulfone groups is 1. The van der Waals surface area contributed by atoms with Crippen molar-refractivity contribution >= 4 is 67.8 Å². The molecule has 8 heteroatoms. The third-order valence-corrected chi connectivity index (χ3v) is 5.81. The highest BCUT2D eigenvalue weighted by molar-refractivity contribution is 7.97. The average molecular weight is 332 g/mol. The summed E-state index contributed by atoms with van der Waals surface area (Å²) in [5.41, 5.74) is 0. The maximum Gasteiger partial charge on any atom is 0.192 e. The number of hydrogen-bond donors (Lipinski definition) is 0. The first-order valence-corrected chi connectivity index (χ1v) is 7.06. The van der Waals surface area contributed by atoms with Crippen molar-refractivity contribution in [3.8, 4) is 0 Å². The summed E-state index contributed by atoms with van der Waals surface area (Å²) in [4.78, 5) is 0. The fourth-order valence-electron chi connectivity index (χ4n) is 0.501. The Bertz CT molecular complexity index is 403. The Labute approximate surface area is 114 Å². The van der Waals surface area contributed by atoms with Crippen LogP contribution in [-0.4, -0.2) is 13.7 Å². The molecule has 0 rings (SSSR count). The lowest BCUT2D eigenvalue weighted by Crippen LogP contribution is -2.14. The van der Waals surface area contributed by atoms with E-state index in [4.69, 9.17) is 58.0 Å². The van der Waals surface area contributed by atoms with Gasteiger partial charge in [0.05, 0.1) is 15.3 Å². The molecule has 0 amide bonds. The van der Waals surface area contributed by atoms with Gasteiger partial charge >= 0.3 is 0 Å². The number of rotatable bonds is 3. The molecular weight excluding hydrogens is 325 g/mol. The summed E-state index contributed by atoms with van der Waals surface area (Å²) in [6.07, 6.45) is 0. The van der Waals surface area contributed by atoms with Gasteiger partial charge < -0.3 is 0 Å². The number of halogens is 5. The second-order valence-electron chi connectivity index (χ2n) is 2.76. The minimum absolute atomic E-state index is 0.297. The van der Waals surface area contributed by atoms with Gasteiger partial charge in [-0.25, -0.2) is 8.42 Å². The zero-order valence-corrected chi connectivity index (χ0v) is 12.3. The summed E-state index contributed by atoms with van der Waals surface area (Å²) >= 11 is 27.4. The first-order chi connectivity index (χ1) is 6.62. The molecule has 0 N–H and O–H groups in total. The van der Waals surface area contributed by atoms with E-state index in [2.05, 4.69) is 0 Å². The van der Waals surface area contributed by atoms with Gasteiger partial charge in [-0.2, -0.15) is 0 Å². The van der Waals surface area contributed by atoms with Gasteiger partial charge in [0.15, 0.2) is 14.2 Å². The van der Waals surface area contributed by atoms with Crippen molar-refractivity contribution < 1.29 is 8.42 Å². The third-order valence-electron chi connectivity index (χ3n) is 1.40.